The van der Waals surface area contributed by atoms with Crippen LogP contribution < -0.4 is 10.6 Å². The number of phenolic OH excluding ortho intramolecular Hbond substituents is 1. The molecule has 4 N–H and O–H groups in total. The first-order chi connectivity index (χ1) is 16.9. The quantitative estimate of drug-likeness (QED) is 0.301. The first-order valence-corrected chi connectivity index (χ1v) is 12.8. The summed E-state index contributed by atoms with van der Waals surface area (Å²) in [6, 6.07) is 2.70. The number of phenols is 1. The van der Waals surface area contributed by atoms with Crippen LogP contribution in [-0.4, -0.2) is 64.4 Å². The van der Waals surface area contributed by atoms with Crippen LogP contribution in [0, 0.1) is 12.8 Å². The van der Waals surface area contributed by atoms with Crippen LogP contribution in [-0.2, 0) is 14.3 Å². The Bertz CT molecular complexity index is 868. The minimum absolute atomic E-state index is 0.0740. The molecule has 0 aliphatic rings. The number of carbonyl (C=O) groups is 3. The highest BCUT2D eigenvalue weighted by molar-refractivity contribution is 5.92. The van der Waals surface area contributed by atoms with Gasteiger partial charge in [-0.2, -0.15) is 0 Å². The standard InChI is InChI=1S/C27H45N3O6/c1-8-10-11-14-28-24(33)23(20-12-13-21(32)19(4)17-20)30(15-16-31)25(34)22(18(3)9-2)29-26(35)36-27(5,6)7/h12-13,17-18,22-23,31-32H,8-11,14-16H2,1-7H3,(H,28,33)(H,29,35). The van der Waals surface area contributed by atoms with Gasteiger partial charge in [-0.05, 0) is 63.3 Å². The number of hydrogen-bond acceptors (Lipinski definition) is 6. The Balaban J connectivity index is 3.43. The Morgan fingerprint density at radius 3 is 2.33 bits per heavy atom. The molecule has 3 atom stereocenters. The number of aliphatic hydroxyl groups is 1. The van der Waals surface area contributed by atoms with Gasteiger partial charge in [-0.3, -0.25) is 9.59 Å². The van der Waals surface area contributed by atoms with Crippen molar-refractivity contribution in [3.8, 4) is 5.75 Å². The molecular weight excluding hydrogens is 462 g/mol. The van der Waals surface area contributed by atoms with Gasteiger partial charge >= 0.3 is 6.09 Å². The van der Waals surface area contributed by atoms with Gasteiger partial charge in [-0.25, -0.2) is 4.79 Å². The zero-order chi connectivity index (χ0) is 27.5. The van der Waals surface area contributed by atoms with Gasteiger partial charge in [0.05, 0.1) is 6.61 Å². The molecule has 204 valence electrons. The summed E-state index contributed by atoms with van der Waals surface area (Å²) in [6.07, 6.45) is 2.61. The Morgan fingerprint density at radius 1 is 1.14 bits per heavy atom. The third-order valence-electron chi connectivity index (χ3n) is 5.95. The summed E-state index contributed by atoms with van der Waals surface area (Å²) in [4.78, 5) is 41.2. The van der Waals surface area contributed by atoms with Gasteiger partial charge in [0.25, 0.3) is 0 Å². The number of benzene rings is 1. The molecule has 9 nitrogen and oxygen atoms in total. The van der Waals surface area contributed by atoms with Crippen molar-refractivity contribution in [2.45, 2.75) is 91.8 Å². The highest BCUT2D eigenvalue weighted by Crippen LogP contribution is 2.28. The molecule has 36 heavy (non-hydrogen) atoms. The zero-order valence-corrected chi connectivity index (χ0v) is 22.9. The summed E-state index contributed by atoms with van der Waals surface area (Å²) in [5.41, 5.74) is 0.306. The van der Waals surface area contributed by atoms with E-state index in [4.69, 9.17) is 4.74 Å². The molecule has 1 aromatic carbocycles. The molecule has 0 saturated heterocycles. The molecule has 1 rings (SSSR count). The fraction of sp³-hybridized carbons (Fsp3) is 0.667. The van der Waals surface area contributed by atoms with Crippen molar-refractivity contribution >= 4 is 17.9 Å². The van der Waals surface area contributed by atoms with Crippen molar-refractivity contribution in [2.24, 2.45) is 5.92 Å². The number of aromatic hydroxyl groups is 1. The van der Waals surface area contributed by atoms with Gasteiger partial charge in [0.1, 0.15) is 23.4 Å². The lowest BCUT2D eigenvalue weighted by molar-refractivity contribution is -0.144. The number of rotatable bonds is 13. The lowest BCUT2D eigenvalue weighted by Crippen LogP contribution is -2.55. The molecule has 3 unspecified atom stereocenters. The van der Waals surface area contributed by atoms with E-state index in [1.54, 1.807) is 39.8 Å². The second-order valence-corrected chi connectivity index (χ2v) is 10.2. The first kappa shape index (κ1) is 31.2. The highest BCUT2D eigenvalue weighted by atomic mass is 16.6. The van der Waals surface area contributed by atoms with Crippen LogP contribution in [0.5, 0.6) is 5.75 Å². The summed E-state index contributed by atoms with van der Waals surface area (Å²) in [6.45, 7) is 12.7. The summed E-state index contributed by atoms with van der Waals surface area (Å²) in [5, 5.41) is 25.5. The third kappa shape index (κ3) is 9.68. The third-order valence-corrected chi connectivity index (χ3v) is 5.95. The summed E-state index contributed by atoms with van der Waals surface area (Å²) in [5.74, 6) is -1.08. The lowest BCUT2D eigenvalue weighted by atomic mass is 9.95. The van der Waals surface area contributed by atoms with Gasteiger partial charge in [-0.1, -0.05) is 46.1 Å². The van der Waals surface area contributed by atoms with E-state index < -0.39 is 35.6 Å². The molecular formula is C27H45N3O6. The van der Waals surface area contributed by atoms with Crippen LogP contribution in [0.3, 0.4) is 0 Å². The van der Waals surface area contributed by atoms with E-state index in [-0.39, 0.29) is 24.8 Å². The Labute approximate surface area is 215 Å². The summed E-state index contributed by atoms with van der Waals surface area (Å²) >= 11 is 0. The number of hydrogen-bond donors (Lipinski definition) is 4. The average Bonchev–Trinajstić information content (AvgIpc) is 2.80. The number of nitrogens with zero attached hydrogens (tertiary/aromatic N) is 1. The van der Waals surface area contributed by atoms with E-state index in [2.05, 4.69) is 17.6 Å². The van der Waals surface area contributed by atoms with Crippen molar-refractivity contribution in [3.05, 3.63) is 29.3 Å². The van der Waals surface area contributed by atoms with Crippen molar-refractivity contribution in [1.29, 1.82) is 0 Å². The van der Waals surface area contributed by atoms with Crippen LogP contribution in [0.4, 0.5) is 4.79 Å². The monoisotopic (exact) mass is 507 g/mol. The Kier molecular flexibility index (Phi) is 12.7. The molecule has 0 radical (unpaired) electrons. The van der Waals surface area contributed by atoms with E-state index in [0.29, 0.717) is 24.1 Å². The number of alkyl carbamates (subject to hydrolysis) is 1. The van der Waals surface area contributed by atoms with Gasteiger partial charge in [-0.15, -0.1) is 0 Å². The smallest absolute Gasteiger partial charge is 0.408 e. The van der Waals surface area contributed by atoms with E-state index in [9.17, 15) is 24.6 Å². The van der Waals surface area contributed by atoms with Crippen LogP contribution in [0.2, 0.25) is 0 Å². The first-order valence-electron chi connectivity index (χ1n) is 12.8. The Morgan fingerprint density at radius 2 is 1.81 bits per heavy atom. The number of carbonyl (C=O) groups excluding carboxylic acids is 3. The van der Waals surface area contributed by atoms with Gasteiger partial charge in [0, 0.05) is 13.1 Å². The number of nitrogens with one attached hydrogen (secondary N) is 2. The number of aliphatic hydroxyl groups excluding tert-OH is 1. The second kappa shape index (κ2) is 14.7. The molecule has 0 bridgehead atoms. The summed E-state index contributed by atoms with van der Waals surface area (Å²) in [7, 11) is 0. The topological polar surface area (TPSA) is 128 Å². The molecule has 0 saturated carbocycles. The molecule has 0 spiro atoms. The zero-order valence-electron chi connectivity index (χ0n) is 22.9. The number of aryl methyl sites for hydroxylation is 1. The predicted molar refractivity (Wildman–Crippen MR) is 140 cm³/mol. The average molecular weight is 508 g/mol. The normalized spacial score (nSPS) is 13.9. The van der Waals surface area contributed by atoms with Crippen LogP contribution in [0.1, 0.15) is 84.4 Å². The largest absolute Gasteiger partial charge is 0.508 e. The number of unbranched alkanes of at least 4 members (excludes halogenated alkanes) is 2. The van der Waals surface area contributed by atoms with Crippen molar-refractivity contribution in [2.75, 3.05) is 19.7 Å². The number of amides is 3. The Hall–Kier alpha value is -2.81. The van der Waals surface area contributed by atoms with Crippen LogP contribution in [0.15, 0.2) is 18.2 Å². The maximum atomic E-state index is 13.9. The molecule has 3 amide bonds. The molecule has 0 fully saturated rings. The SMILES string of the molecule is CCCCCNC(=O)C(c1ccc(O)c(C)c1)N(CCO)C(=O)C(NC(=O)OC(C)(C)C)C(C)CC. The van der Waals surface area contributed by atoms with Gasteiger partial charge < -0.3 is 30.5 Å². The molecule has 0 aliphatic heterocycles. The molecule has 0 aromatic heterocycles. The minimum atomic E-state index is -1.06. The molecule has 0 heterocycles. The second-order valence-electron chi connectivity index (χ2n) is 10.2. The minimum Gasteiger partial charge on any atom is -0.508 e. The lowest BCUT2D eigenvalue weighted by Gasteiger charge is -2.35. The molecule has 0 aliphatic carbocycles. The maximum Gasteiger partial charge on any atom is 0.408 e. The highest BCUT2D eigenvalue weighted by Gasteiger charge is 2.38. The van der Waals surface area contributed by atoms with E-state index >= 15 is 0 Å². The van der Waals surface area contributed by atoms with Gasteiger partial charge in [0.15, 0.2) is 0 Å². The van der Waals surface area contributed by atoms with Crippen molar-refractivity contribution in [3.63, 3.8) is 0 Å². The van der Waals surface area contributed by atoms with E-state index in [1.165, 1.54) is 11.0 Å². The maximum absolute atomic E-state index is 13.9. The molecule has 1 aromatic rings. The fourth-order valence-corrected chi connectivity index (χ4v) is 3.78. The van der Waals surface area contributed by atoms with Crippen molar-refractivity contribution < 1.29 is 29.3 Å². The van der Waals surface area contributed by atoms with Crippen LogP contribution in [0.25, 0.3) is 0 Å². The fourth-order valence-electron chi connectivity index (χ4n) is 3.78. The van der Waals surface area contributed by atoms with Gasteiger partial charge in [0.2, 0.25) is 11.8 Å². The van der Waals surface area contributed by atoms with E-state index in [0.717, 1.165) is 19.3 Å². The van der Waals surface area contributed by atoms with Crippen LogP contribution >= 0.6 is 0 Å². The molecule has 9 heteroatoms. The summed E-state index contributed by atoms with van der Waals surface area (Å²) < 4.78 is 5.37. The number of ether oxygens (including phenoxy) is 1. The van der Waals surface area contributed by atoms with E-state index in [1.807, 2.05) is 13.8 Å². The predicted octanol–water partition coefficient (Wildman–Crippen LogP) is 3.81. The van der Waals surface area contributed by atoms with Crippen molar-refractivity contribution in [1.82, 2.24) is 15.5 Å².